The van der Waals surface area contributed by atoms with Gasteiger partial charge < -0.3 is 10.6 Å². The molecule has 5 heteroatoms. The minimum atomic E-state index is -0.231. The Hall–Kier alpha value is -2.33. The number of carbonyl (C=O) groups is 1. The van der Waals surface area contributed by atoms with Crippen LogP contribution in [-0.2, 0) is 6.54 Å². The van der Waals surface area contributed by atoms with E-state index in [1.54, 1.807) is 30.5 Å². The number of rotatable bonds is 6. The van der Waals surface area contributed by atoms with E-state index in [1.807, 2.05) is 18.2 Å². The summed E-state index contributed by atoms with van der Waals surface area (Å²) in [6.07, 6.45) is 3.37. The second kappa shape index (κ2) is 7.45. The smallest absolute Gasteiger partial charge is 0.270 e. The van der Waals surface area contributed by atoms with Crippen LogP contribution in [0, 0.1) is 0 Å². The summed E-state index contributed by atoms with van der Waals surface area (Å²) in [6.45, 7) is 4.65. The first-order valence-corrected chi connectivity index (χ1v) is 6.91. The van der Waals surface area contributed by atoms with Crippen LogP contribution in [0.25, 0.3) is 0 Å². The van der Waals surface area contributed by atoms with Crippen molar-refractivity contribution in [1.29, 1.82) is 0 Å². The number of hydrogen-bond donors (Lipinski definition) is 2. The van der Waals surface area contributed by atoms with Crippen LogP contribution in [0.1, 0.15) is 16.1 Å². The van der Waals surface area contributed by atoms with E-state index in [0.717, 1.165) is 11.3 Å². The summed E-state index contributed by atoms with van der Waals surface area (Å²) in [5, 5.41) is 6.53. The highest BCUT2D eigenvalue weighted by Gasteiger charge is 2.07. The maximum Gasteiger partial charge on any atom is 0.270 e. The van der Waals surface area contributed by atoms with Crippen LogP contribution in [0.2, 0.25) is 5.02 Å². The summed E-state index contributed by atoms with van der Waals surface area (Å²) in [6, 6.07) is 10.9. The molecule has 0 aliphatic heterocycles. The Kier molecular flexibility index (Phi) is 5.35. The molecule has 0 bridgehead atoms. The van der Waals surface area contributed by atoms with Crippen LogP contribution in [-0.4, -0.2) is 17.4 Å². The number of amides is 1. The first kappa shape index (κ1) is 15.1. The molecule has 0 spiro atoms. The molecule has 0 aliphatic rings. The number of nitrogens with zero attached hydrogens (tertiary/aromatic N) is 1. The molecule has 0 radical (unpaired) electrons. The van der Waals surface area contributed by atoms with Gasteiger partial charge in [0.2, 0.25) is 0 Å². The Labute approximate surface area is 128 Å². The number of hydrogen-bond acceptors (Lipinski definition) is 3. The Morgan fingerprint density at radius 3 is 2.76 bits per heavy atom. The Bertz CT molecular complexity index is 626. The Morgan fingerprint density at radius 1 is 1.29 bits per heavy atom. The molecule has 1 aromatic heterocycles. The lowest BCUT2D eigenvalue weighted by Gasteiger charge is -2.07. The van der Waals surface area contributed by atoms with Crippen molar-refractivity contribution in [3.63, 3.8) is 0 Å². The van der Waals surface area contributed by atoms with Gasteiger partial charge in [-0.05, 0) is 23.8 Å². The largest absolute Gasteiger partial charge is 0.380 e. The van der Waals surface area contributed by atoms with Gasteiger partial charge in [0.1, 0.15) is 5.69 Å². The molecule has 2 aromatic rings. The van der Waals surface area contributed by atoms with E-state index in [4.69, 9.17) is 11.6 Å². The van der Waals surface area contributed by atoms with E-state index < -0.39 is 0 Å². The van der Waals surface area contributed by atoms with Crippen molar-refractivity contribution in [1.82, 2.24) is 10.3 Å². The van der Waals surface area contributed by atoms with Crippen LogP contribution >= 0.6 is 11.6 Å². The average Bonchev–Trinajstić information content (AvgIpc) is 2.52. The highest BCUT2D eigenvalue weighted by atomic mass is 35.5. The molecule has 1 aromatic carbocycles. The van der Waals surface area contributed by atoms with Gasteiger partial charge in [-0.2, -0.15) is 0 Å². The summed E-state index contributed by atoms with van der Waals surface area (Å²) in [7, 11) is 0. The van der Waals surface area contributed by atoms with E-state index in [2.05, 4.69) is 22.2 Å². The second-order valence-electron chi connectivity index (χ2n) is 4.38. The SMILES string of the molecule is C=CCNc1ccc(C(=O)NCc2ccccc2Cl)nc1. The number of nitrogens with one attached hydrogen (secondary N) is 2. The number of anilines is 1. The summed E-state index contributed by atoms with van der Waals surface area (Å²) in [5.41, 5.74) is 2.08. The minimum absolute atomic E-state index is 0.231. The Morgan fingerprint density at radius 2 is 2.10 bits per heavy atom. The topological polar surface area (TPSA) is 54.0 Å². The lowest BCUT2D eigenvalue weighted by molar-refractivity contribution is 0.0946. The number of halogens is 1. The zero-order valence-corrected chi connectivity index (χ0v) is 12.2. The summed E-state index contributed by atoms with van der Waals surface area (Å²) >= 11 is 6.04. The number of benzene rings is 1. The molecule has 4 nitrogen and oxygen atoms in total. The quantitative estimate of drug-likeness (QED) is 0.805. The third-order valence-electron chi connectivity index (χ3n) is 2.84. The van der Waals surface area contributed by atoms with Gasteiger partial charge in [-0.3, -0.25) is 4.79 Å². The predicted octanol–water partition coefficient (Wildman–Crippen LogP) is 3.26. The van der Waals surface area contributed by atoms with Crippen molar-refractivity contribution in [2.24, 2.45) is 0 Å². The molecule has 1 amide bonds. The van der Waals surface area contributed by atoms with Gasteiger partial charge in [0.15, 0.2) is 0 Å². The van der Waals surface area contributed by atoms with E-state index in [-0.39, 0.29) is 5.91 Å². The molecule has 0 aliphatic carbocycles. The van der Waals surface area contributed by atoms with Gasteiger partial charge >= 0.3 is 0 Å². The monoisotopic (exact) mass is 301 g/mol. The molecule has 0 saturated heterocycles. The second-order valence-corrected chi connectivity index (χ2v) is 4.78. The van der Waals surface area contributed by atoms with Crippen molar-refractivity contribution in [3.8, 4) is 0 Å². The third kappa shape index (κ3) is 4.33. The van der Waals surface area contributed by atoms with Crippen LogP contribution in [0.15, 0.2) is 55.3 Å². The molecule has 1 heterocycles. The number of carbonyl (C=O) groups excluding carboxylic acids is 1. The summed E-state index contributed by atoms with van der Waals surface area (Å²) < 4.78 is 0. The number of pyridine rings is 1. The van der Waals surface area contributed by atoms with Crippen molar-refractivity contribution >= 4 is 23.2 Å². The Balaban J connectivity index is 1.94. The average molecular weight is 302 g/mol. The van der Waals surface area contributed by atoms with E-state index >= 15 is 0 Å². The van der Waals surface area contributed by atoms with Crippen LogP contribution in [0.3, 0.4) is 0 Å². The van der Waals surface area contributed by atoms with Gasteiger partial charge in [-0.15, -0.1) is 6.58 Å². The molecule has 2 rings (SSSR count). The van der Waals surface area contributed by atoms with Crippen molar-refractivity contribution in [2.45, 2.75) is 6.54 Å². The van der Waals surface area contributed by atoms with Crippen molar-refractivity contribution in [2.75, 3.05) is 11.9 Å². The van der Waals surface area contributed by atoms with E-state index in [0.29, 0.717) is 23.8 Å². The number of aromatic nitrogens is 1. The molecule has 0 fully saturated rings. The summed E-state index contributed by atoms with van der Waals surface area (Å²) in [4.78, 5) is 16.1. The van der Waals surface area contributed by atoms with E-state index in [1.165, 1.54) is 0 Å². The lowest BCUT2D eigenvalue weighted by Crippen LogP contribution is -2.23. The molecule has 0 unspecified atom stereocenters. The first-order valence-electron chi connectivity index (χ1n) is 6.53. The standard InChI is InChI=1S/C16H16ClN3O/c1-2-9-18-13-7-8-15(19-11-13)16(21)20-10-12-5-3-4-6-14(12)17/h2-8,11,18H,1,9-10H2,(H,20,21). The summed E-state index contributed by atoms with van der Waals surface area (Å²) in [5.74, 6) is -0.231. The molecular formula is C16H16ClN3O. The first-order chi connectivity index (χ1) is 10.2. The highest BCUT2D eigenvalue weighted by molar-refractivity contribution is 6.31. The minimum Gasteiger partial charge on any atom is -0.380 e. The molecule has 108 valence electrons. The fraction of sp³-hybridized carbons (Fsp3) is 0.125. The van der Waals surface area contributed by atoms with Crippen LogP contribution in [0.4, 0.5) is 5.69 Å². The van der Waals surface area contributed by atoms with Crippen LogP contribution < -0.4 is 10.6 Å². The van der Waals surface area contributed by atoms with Crippen molar-refractivity contribution < 1.29 is 4.79 Å². The molecule has 0 atom stereocenters. The molecule has 21 heavy (non-hydrogen) atoms. The van der Waals surface area contributed by atoms with Gasteiger partial charge in [0.25, 0.3) is 5.91 Å². The van der Waals surface area contributed by atoms with Gasteiger partial charge in [0, 0.05) is 18.1 Å². The van der Waals surface area contributed by atoms with E-state index in [9.17, 15) is 4.79 Å². The van der Waals surface area contributed by atoms with Gasteiger partial charge in [0.05, 0.1) is 11.9 Å². The third-order valence-corrected chi connectivity index (χ3v) is 3.21. The molecule has 0 saturated carbocycles. The zero-order chi connectivity index (χ0) is 15.1. The van der Waals surface area contributed by atoms with Gasteiger partial charge in [-0.25, -0.2) is 4.98 Å². The maximum absolute atomic E-state index is 12.0. The fourth-order valence-corrected chi connectivity index (χ4v) is 1.93. The van der Waals surface area contributed by atoms with Gasteiger partial charge in [-0.1, -0.05) is 35.9 Å². The molecule has 2 N–H and O–H groups in total. The lowest BCUT2D eigenvalue weighted by atomic mass is 10.2. The normalized spacial score (nSPS) is 9.95. The zero-order valence-electron chi connectivity index (χ0n) is 11.5. The fourth-order valence-electron chi connectivity index (χ4n) is 1.73. The highest BCUT2D eigenvalue weighted by Crippen LogP contribution is 2.14. The predicted molar refractivity (Wildman–Crippen MR) is 85.5 cm³/mol. The maximum atomic E-state index is 12.0. The van der Waals surface area contributed by atoms with Crippen LogP contribution in [0.5, 0.6) is 0 Å². The van der Waals surface area contributed by atoms with Crippen molar-refractivity contribution in [3.05, 3.63) is 71.5 Å². The molecular weight excluding hydrogens is 286 g/mol.